The number of hydrogen-bond acceptors (Lipinski definition) is 6. The Morgan fingerprint density at radius 1 is 1.20 bits per heavy atom. The summed E-state index contributed by atoms with van der Waals surface area (Å²) in [5.41, 5.74) is 2.48. The van der Waals surface area contributed by atoms with Crippen LogP contribution in [0.3, 0.4) is 0 Å². The largest absolute Gasteiger partial charge is 0.378 e. The van der Waals surface area contributed by atoms with E-state index in [0.29, 0.717) is 61.5 Å². The molecule has 30 heavy (non-hydrogen) atoms. The van der Waals surface area contributed by atoms with Gasteiger partial charge in [0.25, 0.3) is 0 Å². The summed E-state index contributed by atoms with van der Waals surface area (Å²) in [6, 6.07) is 5.62. The van der Waals surface area contributed by atoms with E-state index in [1.165, 1.54) is 11.1 Å². The van der Waals surface area contributed by atoms with Gasteiger partial charge in [-0.2, -0.15) is 9.29 Å². The average molecular weight is 434 g/mol. The van der Waals surface area contributed by atoms with Crippen LogP contribution in [-0.4, -0.2) is 48.7 Å². The van der Waals surface area contributed by atoms with Gasteiger partial charge in [0.2, 0.25) is 15.9 Å². The minimum atomic E-state index is -3.43. The van der Waals surface area contributed by atoms with Crippen LogP contribution in [0.4, 0.5) is 0 Å². The third kappa shape index (κ3) is 4.92. The van der Waals surface area contributed by atoms with Crippen LogP contribution in [-0.2, 0) is 40.4 Å². The van der Waals surface area contributed by atoms with Gasteiger partial charge in [-0.1, -0.05) is 25.1 Å². The molecule has 0 saturated carbocycles. The van der Waals surface area contributed by atoms with Crippen molar-refractivity contribution in [1.82, 2.24) is 14.4 Å². The molecule has 8 heteroatoms. The Hall–Kier alpha value is -1.77. The smallest absolute Gasteiger partial charge is 0.243 e. The zero-order valence-corrected chi connectivity index (χ0v) is 18.7. The predicted octanol–water partition coefficient (Wildman–Crippen LogP) is 3.17. The van der Waals surface area contributed by atoms with E-state index < -0.39 is 10.0 Å². The summed E-state index contributed by atoms with van der Waals surface area (Å²) in [4.78, 5) is 4.82. The molecule has 0 N–H and O–H groups in total. The second-order valence-corrected chi connectivity index (χ2v) is 10.6. The van der Waals surface area contributed by atoms with Crippen LogP contribution < -0.4 is 0 Å². The van der Waals surface area contributed by atoms with Gasteiger partial charge in [-0.05, 0) is 61.3 Å². The minimum absolute atomic E-state index is 0.0681. The monoisotopic (exact) mass is 433 g/mol. The number of ether oxygens (including phenoxy) is 1. The molecule has 2 aliphatic rings. The molecular weight excluding hydrogens is 402 g/mol. The third-order valence-corrected chi connectivity index (χ3v) is 7.78. The van der Waals surface area contributed by atoms with Crippen molar-refractivity contribution < 1.29 is 17.7 Å². The van der Waals surface area contributed by atoms with Crippen molar-refractivity contribution in [3.8, 4) is 0 Å². The van der Waals surface area contributed by atoms with Gasteiger partial charge in [0.05, 0.1) is 17.6 Å². The highest BCUT2D eigenvalue weighted by Gasteiger charge is 2.30. The van der Waals surface area contributed by atoms with Crippen molar-refractivity contribution in [2.45, 2.75) is 69.8 Å². The highest BCUT2D eigenvalue weighted by atomic mass is 32.2. The molecule has 2 aromatic rings. The van der Waals surface area contributed by atoms with E-state index in [4.69, 9.17) is 9.26 Å². The lowest BCUT2D eigenvalue weighted by atomic mass is 10.1. The number of piperidine rings is 1. The maximum absolute atomic E-state index is 13.0. The van der Waals surface area contributed by atoms with Gasteiger partial charge in [-0.3, -0.25) is 0 Å². The lowest BCUT2D eigenvalue weighted by Crippen LogP contribution is -2.41. The van der Waals surface area contributed by atoms with Crippen LogP contribution >= 0.6 is 0 Å². The van der Waals surface area contributed by atoms with Crippen LogP contribution in [0.15, 0.2) is 27.6 Å². The van der Waals surface area contributed by atoms with Crippen LogP contribution in [0, 0.1) is 5.92 Å². The second-order valence-electron chi connectivity index (χ2n) is 8.71. The number of fused-ring (bicyclic) bond motifs is 1. The number of nitrogens with zero attached hydrogens (tertiary/aromatic N) is 3. The Kier molecular flexibility index (Phi) is 6.55. The fraction of sp³-hybridized carbons (Fsp3) is 0.636. The summed E-state index contributed by atoms with van der Waals surface area (Å²) in [5, 5.41) is 4.00. The fourth-order valence-electron chi connectivity index (χ4n) is 4.24. The SMILES string of the molecule is CC(C)Cc1nc(CCOC2CCN(S(=O)(=O)c3ccc4c(c3)CCC4)CC2)no1. The Labute approximate surface area is 178 Å². The van der Waals surface area contributed by atoms with E-state index in [2.05, 4.69) is 24.0 Å². The van der Waals surface area contributed by atoms with Crippen molar-refractivity contribution in [2.75, 3.05) is 19.7 Å². The van der Waals surface area contributed by atoms with Crippen LogP contribution in [0.25, 0.3) is 0 Å². The zero-order chi connectivity index (χ0) is 21.1. The van der Waals surface area contributed by atoms with Gasteiger partial charge in [-0.25, -0.2) is 8.42 Å². The summed E-state index contributed by atoms with van der Waals surface area (Å²) < 4.78 is 38.9. The van der Waals surface area contributed by atoms with Gasteiger partial charge in [0.1, 0.15) is 0 Å². The number of sulfonamides is 1. The summed E-state index contributed by atoms with van der Waals surface area (Å²) >= 11 is 0. The molecule has 2 heterocycles. The lowest BCUT2D eigenvalue weighted by Gasteiger charge is -2.31. The molecular formula is C22H31N3O4S. The van der Waals surface area contributed by atoms with E-state index in [1.807, 2.05) is 12.1 Å². The molecule has 0 bridgehead atoms. The zero-order valence-electron chi connectivity index (χ0n) is 17.8. The summed E-state index contributed by atoms with van der Waals surface area (Å²) in [6.45, 7) is 5.73. The molecule has 0 unspecified atom stereocenters. The molecule has 0 radical (unpaired) electrons. The van der Waals surface area contributed by atoms with Gasteiger partial charge in [0.15, 0.2) is 5.82 Å². The molecule has 7 nitrogen and oxygen atoms in total. The van der Waals surface area contributed by atoms with E-state index in [9.17, 15) is 8.42 Å². The van der Waals surface area contributed by atoms with E-state index in [0.717, 1.165) is 25.7 Å². The second kappa shape index (κ2) is 9.16. The first kappa shape index (κ1) is 21.5. The van der Waals surface area contributed by atoms with Gasteiger partial charge in [-0.15, -0.1) is 0 Å². The van der Waals surface area contributed by atoms with Crippen molar-refractivity contribution in [2.24, 2.45) is 5.92 Å². The minimum Gasteiger partial charge on any atom is -0.378 e. The fourth-order valence-corrected chi connectivity index (χ4v) is 5.76. The molecule has 1 fully saturated rings. The molecule has 1 saturated heterocycles. The first-order chi connectivity index (χ1) is 14.4. The first-order valence-corrected chi connectivity index (χ1v) is 12.4. The average Bonchev–Trinajstić information content (AvgIpc) is 3.36. The van der Waals surface area contributed by atoms with E-state index >= 15 is 0 Å². The third-order valence-electron chi connectivity index (χ3n) is 5.88. The van der Waals surface area contributed by atoms with E-state index in [1.54, 1.807) is 10.4 Å². The van der Waals surface area contributed by atoms with E-state index in [-0.39, 0.29) is 6.10 Å². The molecule has 1 aliphatic heterocycles. The number of aryl methyl sites for hydroxylation is 2. The van der Waals surface area contributed by atoms with Crippen LogP contribution in [0.2, 0.25) is 0 Å². The summed E-state index contributed by atoms with van der Waals surface area (Å²) in [6.07, 6.45) is 6.02. The summed E-state index contributed by atoms with van der Waals surface area (Å²) in [5.74, 6) is 1.82. The van der Waals surface area contributed by atoms with Crippen molar-refractivity contribution >= 4 is 10.0 Å². The Balaban J connectivity index is 1.25. The number of rotatable bonds is 8. The van der Waals surface area contributed by atoms with Crippen LogP contribution in [0.5, 0.6) is 0 Å². The van der Waals surface area contributed by atoms with Gasteiger partial charge < -0.3 is 9.26 Å². The molecule has 0 atom stereocenters. The molecule has 1 aromatic heterocycles. The van der Waals surface area contributed by atoms with Crippen molar-refractivity contribution in [1.29, 1.82) is 0 Å². The van der Waals surface area contributed by atoms with Gasteiger partial charge in [0, 0.05) is 25.9 Å². The first-order valence-electron chi connectivity index (χ1n) is 11.0. The number of benzene rings is 1. The molecule has 4 rings (SSSR count). The predicted molar refractivity (Wildman–Crippen MR) is 113 cm³/mol. The maximum atomic E-state index is 13.0. The number of aromatic nitrogens is 2. The standard InChI is InChI=1S/C22H31N3O4S/c1-16(2)14-22-23-21(24-29-22)10-13-28-19-8-11-25(12-9-19)30(26,27)20-7-6-17-4-3-5-18(17)15-20/h6-7,15-16,19H,3-5,8-14H2,1-2H3. The molecule has 164 valence electrons. The van der Waals surface area contributed by atoms with Crippen molar-refractivity contribution in [3.63, 3.8) is 0 Å². The Bertz CT molecular complexity index is 963. The molecule has 0 amide bonds. The molecule has 0 spiro atoms. The highest BCUT2D eigenvalue weighted by Crippen LogP contribution is 2.28. The number of hydrogen-bond donors (Lipinski definition) is 0. The Morgan fingerprint density at radius 3 is 2.73 bits per heavy atom. The molecule has 1 aliphatic carbocycles. The normalized spacial score (nSPS) is 18.2. The van der Waals surface area contributed by atoms with Gasteiger partial charge >= 0.3 is 0 Å². The maximum Gasteiger partial charge on any atom is 0.243 e. The van der Waals surface area contributed by atoms with Crippen molar-refractivity contribution in [3.05, 3.63) is 41.0 Å². The quantitative estimate of drug-likeness (QED) is 0.636. The van der Waals surface area contributed by atoms with Crippen LogP contribution in [0.1, 0.15) is 56.0 Å². The summed E-state index contributed by atoms with van der Waals surface area (Å²) in [7, 11) is -3.43. The lowest BCUT2D eigenvalue weighted by molar-refractivity contribution is 0.0222. The topological polar surface area (TPSA) is 85.5 Å². The Morgan fingerprint density at radius 2 is 1.97 bits per heavy atom. The molecule has 1 aromatic carbocycles. The highest BCUT2D eigenvalue weighted by molar-refractivity contribution is 7.89.